The summed E-state index contributed by atoms with van der Waals surface area (Å²) in [5, 5.41) is 4.40. The van der Waals surface area contributed by atoms with Crippen molar-refractivity contribution in [3.05, 3.63) is 47.3 Å². The van der Waals surface area contributed by atoms with Crippen LogP contribution in [-0.2, 0) is 17.9 Å². The highest BCUT2D eigenvalue weighted by molar-refractivity contribution is 5.46. The fraction of sp³-hybridized carbons (Fsp3) is 0.400. The summed E-state index contributed by atoms with van der Waals surface area (Å²) in [5.74, 6) is 0. The molecule has 2 N–H and O–H groups in total. The van der Waals surface area contributed by atoms with Crippen molar-refractivity contribution in [1.82, 2.24) is 9.78 Å². The highest BCUT2D eigenvalue weighted by Crippen LogP contribution is 2.14. The van der Waals surface area contributed by atoms with Gasteiger partial charge in [-0.05, 0) is 25.8 Å². The van der Waals surface area contributed by atoms with Gasteiger partial charge in [-0.2, -0.15) is 5.10 Å². The second-order valence-electron chi connectivity index (χ2n) is 4.70. The van der Waals surface area contributed by atoms with Gasteiger partial charge in [-0.15, -0.1) is 0 Å². The number of aryl methyl sites for hydroxylation is 2. The Morgan fingerprint density at radius 3 is 2.58 bits per heavy atom. The van der Waals surface area contributed by atoms with Crippen molar-refractivity contribution >= 4 is 5.69 Å². The summed E-state index contributed by atoms with van der Waals surface area (Å²) < 4.78 is 7.60. The maximum atomic E-state index is 5.89. The first-order chi connectivity index (χ1) is 9.18. The van der Waals surface area contributed by atoms with Crippen molar-refractivity contribution in [3.63, 3.8) is 0 Å². The van der Waals surface area contributed by atoms with Crippen LogP contribution in [-0.4, -0.2) is 16.4 Å². The molecular weight excluding hydrogens is 238 g/mol. The minimum atomic E-state index is 0.667. The van der Waals surface area contributed by atoms with E-state index in [2.05, 4.69) is 17.2 Å². The van der Waals surface area contributed by atoms with E-state index < -0.39 is 0 Å². The van der Waals surface area contributed by atoms with Gasteiger partial charge < -0.3 is 10.5 Å². The van der Waals surface area contributed by atoms with E-state index in [0.717, 1.165) is 36.6 Å². The number of nitrogens with two attached hydrogens (primary N) is 1. The van der Waals surface area contributed by atoms with E-state index in [1.165, 1.54) is 5.56 Å². The fourth-order valence-electron chi connectivity index (χ4n) is 2.01. The first kappa shape index (κ1) is 13.6. The summed E-state index contributed by atoms with van der Waals surface area (Å²) in [6.07, 6.45) is 0.939. The monoisotopic (exact) mass is 259 g/mol. The van der Waals surface area contributed by atoms with Gasteiger partial charge >= 0.3 is 0 Å². The first-order valence-corrected chi connectivity index (χ1v) is 6.59. The van der Waals surface area contributed by atoms with Gasteiger partial charge in [0.05, 0.1) is 23.7 Å². The van der Waals surface area contributed by atoms with Crippen LogP contribution in [0, 0.1) is 13.8 Å². The van der Waals surface area contributed by atoms with Crippen LogP contribution in [0.15, 0.2) is 30.3 Å². The number of ether oxygens (including phenoxy) is 1. The molecular formula is C15H21N3O. The lowest BCUT2D eigenvalue weighted by atomic mass is 10.2. The molecule has 4 nitrogen and oxygen atoms in total. The summed E-state index contributed by atoms with van der Waals surface area (Å²) in [5.41, 5.74) is 9.84. The van der Waals surface area contributed by atoms with Gasteiger partial charge in [-0.25, -0.2) is 0 Å². The maximum absolute atomic E-state index is 5.89. The van der Waals surface area contributed by atoms with Crippen LogP contribution in [0.3, 0.4) is 0 Å². The molecule has 0 saturated heterocycles. The van der Waals surface area contributed by atoms with Gasteiger partial charge in [0.2, 0.25) is 0 Å². The maximum Gasteiger partial charge on any atom is 0.0825 e. The zero-order valence-corrected chi connectivity index (χ0v) is 11.6. The molecule has 0 amide bonds. The third kappa shape index (κ3) is 3.58. The Labute approximate surface area is 114 Å². The predicted octanol–water partition coefficient (Wildman–Crippen LogP) is 2.69. The Kier molecular flexibility index (Phi) is 4.58. The molecule has 0 atom stereocenters. The lowest BCUT2D eigenvalue weighted by molar-refractivity contribution is 0.115. The van der Waals surface area contributed by atoms with Crippen molar-refractivity contribution in [1.29, 1.82) is 0 Å². The number of nitrogen functional groups attached to an aromatic ring is 1. The number of hydrogen-bond donors (Lipinski definition) is 1. The minimum absolute atomic E-state index is 0.667. The second-order valence-corrected chi connectivity index (χ2v) is 4.70. The van der Waals surface area contributed by atoms with Crippen LogP contribution in [0.25, 0.3) is 0 Å². The van der Waals surface area contributed by atoms with Crippen molar-refractivity contribution in [3.8, 4) is 0 Å². The lowest BCUT2D eigenvalue weighted by Crippen LogP contribution is -2.06. The zero-order valence-electron chi connectivity index (χ0n) is 11.6. The van der Waals surface area contributed by atoms with Crippen molar-refractivity contribution in [2.24, 2.45) is 0 Å². The van der Waals surface area contributed by atoms with Crippen molar-refractivity contribution in [2.45, 2.75) is 33.4 Å². The normalized spacial score (nSPS) is 10.8. The predicted molar refractivity (Wildman–Crippen MR) is 76.8 cm³/mol. The van der Waals surface area contributed by atoms with Crippen LogP contribution >= 0.6 is 0 Å². The molecule has 19 heavy (non-hydrogen) atoms. The highest BCUT2D eigenvalue weighted by atomic mass is 16.5. The van der Waals surface area contributed by atoms with E-state index in [1.54, 1.807) is 0 Å². The SMILES string of the molecule is Cc1nn(CCCOCc2ccccc2)c(C)c1N. The van der Waals surface area contributed by atoms with E-state index in [0.29, 0.717) is 6.61 Å². The van der Waals surface area contributed by atoms with E-state index in [9.17, 15) is 0 Å². The molecule has 0 aliphatic rings. The largest absolute Gasteiger partial charge is 0.396 e. The third-order valence-corrected chi connectivity index (χ3v) is 3.21. The number of aromatic nitrogens is 2. The Balaban J connectivity index is 1.71. The lowest BCUT2D eigenvalue weighted by Gasteiger charge is -2.06. The summed E-state index contributed by atoms with van der Waals surface area (Å²) in [6.45, 7) is 6.18. The topological polar surface area (TPSA) is 53.1 Å². The molecule has 102 valence electrons. The number of rotatable bonds is 6. The summed E-state index contributed by atoms with van der Waals surface area (Å²) in [4.78, 5) is 0. The second kappa shape index (κ2) is 6.38. The zero-order chi connectivity index (χ0) is 13.7. The fourth-order valence-corrected chi connectivity index (χ4v) is 2.01. The van der Waals surface area contributed by atoms with E-state index in [-0.39, 0.29) is 0 Å². The Bertz CT molecular complexity index is 520. The minimum Gasteiger partial charge on any atom is -0.396 e. The van der Waals surface area contributed by atoms with Crippen LogP contribution in [0.2, 0.25) is 0 Å². The third-order valence-electron chi connectivity index (χ3n) is 3.21. The number of benzene rings is 1. The smallest absolute Gasteiger partial charge is 0.0825 e. The summed E-state index contributed by atoms with van der Waals surface area (Å²) in [6, 6.07) is 10.2. The van der Waals surface area contributed by atoms with Crippen LogP contribution in [0.4, 0.5) is 5.69 Å². The Hall–Kier alpha value is -1.81. The molecule has 2 rings (SSSR count). The molecule has 1 aromatic heterocycles. The van der Waals surface area contributed by atoms with Crippen molar-refractivity contribution in [2.75, 3.05) is 12.3 Å². The van der Waals surface area contributed by atoms with Gasteiger partial charge in [-0.1, -0.05) is 30.3 Å². The molecule has 0 aliphatic heterocycles. The average Bonchev–Trinajstić information content (AvgIpc) is 2.67. The molecule has 2 aromatic rings. The molecule has 0 spiro atoms. The highest BCUT2D eigenvalue weighted by Gasteiger charge is 2.07. The number of hydrogen-bond acceptors (Lipinski definition) is 3. The quantitative estimate of drug-likeness (QED) is 0.811. The molecule has 1 heterocycles. The Morgan fingerprint density at radius 2 is 1.95 bits per heavy atom. The van der Waals surface area contributed by atoms with E-state index >= 15 is 0 Å². The van der Waals surface area contributed by atoms with Crippen LogP contribution in [0.1, 0.15) is 23.4 Å². The molecule has 0 radical (unpaired) electrons. The van der Waals surface area contributed by atoms with Crippen LogP contribution < -0.4 is 5.73 Å². The molecule has 1 aromatic carbocycles. The van der Waals surface area contributed by atoms with Crippen LogP contribution in [0.5, 0.6) is 0 Å². The molecule has 4 heteroatoms. The molecule has 0 aliphatic carbocycles. The van der Waals surface area contributed by atoms with Gasteiger partial charge in [0.15, 0.2) is 0 Å². The average molecular weight is 259 g/mol. The standard InChI is InChI=1S/C15H21N3O/c1-12-15(16)13(2)18(17-12)9-6-10-19-11-14-7-4-3-5-8-14/h3-5,7-8H,6,9-11,16H2,1-2H3. The first-order valence-electron chi connectivity index (χ1n) is 6.59. The molecule has 0 saturated carbocycles. The van der Waals surface area contributed by atoms with Gasteiger partial charge in [0.25, 0.3) is 0 Å². The van der Waals surface area contributed by atoms with Gasteiger partial charge in [0, 0.05) is 13.2 Å². The number of anilines is 1. The van der Waals surface area contributed by atoms with E-state index in [4.69, 9.17) is 10.5 Å². The molecule has 0 fully saturated rings. The van der Waals surface area contributed by atoms with Gasteiger partial charge in [0.1, 0.15) is 0 Å². The molecule has 0 bridgehead atoms. The van der Waals surface area contributed by atoms with Crippen molar-refractivity contribution < 1.29 is 4.74 Å². The Morgan fingerprint density at radius 1 is 1.21 bits per heavy atom. The van der Waals surface area contributed by atoms with Gasteiger partial charge in [-0.3, -0.25) is 4.68 Å². The molecule has 0 unspecified atom stereocenters. The number of nitrogens with zero attached hydrogens (tertiary/aromatic N) is 2. The summed E-state index contributed by atoms with van der Waals surface area (Å²) >= 11 is 0. The van der Waals surface area contributed by atoms with E-state index in [1.807, 2.05) is 36.7 Å². The summed E-state index contributed by atoms with van der Waals surface area (Å²) in [7, 11) is 0.